The fourth-order valence-electron chi connectivity index (χ4n) is 1.30. The number of halogens is 3. The highest BCUT2D eigenvalue weighted by atomic mass is 79.9. The van der Waals surface area contributed by atoms with Crippen LogP contribution in [0.5, 0.6) is 0 Å². The van der Waals surface area contributed by atoms with Crippen molar-refractivity contribution in [1.29, 1.82) is 0 Å². The first-order chi connectivity index (χ1) is 8.56. The van der Waals surface area contributed by atoms with Crippen molar-refractivity contribution in [3.8, 4) is 0 Å². The topological polar surface area (TPSA) is 42.0 Å². The molecule has 0 aliphatic heterocycles. The summed E-state index contributed by atoms with van der Waals surface area (Å²) in [6, 6.07) is 7.67. The van der Waals surface area contributed by atoms with Crippen LogP contribution in [0.25, 0.3) is 0 Å². The number of nitrogens with one attached hydrogen (secondary N) is 1. The van der Waals surface area contributed by atoms with Crippen LogP contribution in [0.3, 0.4) is 0 Å². The van der Waals surface area contributed by atoms with Gasteiger partial charge in [0.1, 0.15) is 10.4 Å². The van der Waals surface area contributed by atoms with Crippen LogP contribution >= 0.6 is 31.9 Å². The van der Waals surface area contributed by atoms with Crippen molar-refractivity contribution in [3.05, 3.63) is 57.0 Å². The molecule has 1 heterocycles. The van der Waals surface area contributed by atoms with Gasteiger partial charge in [0.2, 0.25) is 0 Å². The number of aromatic nitrogens is 1. The first-order valence-electron chi connectivity index (χ1n) is 4.94. The van der Waals surface area contributed by atoms with E-state index in [-0.39, 0.29) is 5.69 Å². The van der Waals surface area contributed by atoms with Crippen LogP contribution in [-0.4, -0.2) is 10.9 Å². The number of rotatable bonds is 2. The van der Waals surface area contributed by atoms with Crippen LogP contribution in [-0.2, 0) is 0 Å². The zero-order chi connectivity index (χ0) is 13.1. The summed E-state index contributed by atoms with van der Waals surface area (Å²) in [5.41, 5.74) is 0.492. The van der Waals surface area contributed by atoms with Gasteiger partial charge in [0, 0.05) is 10.7 Å². The Hall–Kier alpha value is -1.27. The molecule has 0 atom stereocenters. The average molecular weight is 374 g/mol. The predicted octanol–water partition coefficient (Wildman–Crippen LogP) is 4.00. The van der Waals surface area contributed by atoms with E-state index in [1.54, 1.807) is 18.2 Å². The number of hydrogen-bond donors (Lipinski definition) is 1. The lowest BCUT2D eigenvalue weighted by atomic mass is 10.2. The molecule has 2 rings (SSSR count). The SMILES string of the molecule is O=C(Nc1ccc(Br)cc1F)c1ccc(Br)nc1. The van der Waals surface area contributed by atoms with Crippen molar-refractivity contribution in [2.45, 2.75) is 0 Å². The molecule has 6 heteroatoms. The molecule has 0 aliphatic carbocycles. The Kier molecular flexibility index (Phi) is 4.08. The van der Waals surface area contributed by atoms with Gasteiger partial charge < -0.3 is 5.32 Å². The second kappa shape index (κ2) is 5.58. The van der Waals surface area contributed by atoms with Gasteiger partial charge in [-0.15, -0.1) is 0 Å². The lowest BCUT2D eigenvalue weighted by Crippen LogP contribution is -2.13. The molecule has 0 fully saturated rings. The second-order valence-electron chi connectivity index (χ2n) is 3.45. The number of nitrogens with zero attached hydrogens (tertiary/aromatic N) is 1. The summed E-state index contributed by atoms with van der Waals surface area (Å²) in [7, 11) is 0. The van der Waals surface area contributed by atoms with E-state index >= 15 is 0 Å². The van der Waals surface area contributed by atoms with Crippen LogP contribution < -0.4 is 5.32 Å². The summed E-state index contributed by atoms with van der Waals surface area (Å²) in [4.78, 5) is 15.8. The molecule has 0 saturated carbocycles. The average Bonchev–Trinajstić information content (AvgIpc) is 2.33. The Morgan fingerprint density at radius 2 is 2.00 bits per heavy atom. The molecule has 0 radical (unpaired) electrons. The summed E-state index contributed by atoms with van der Waals surface area (Å²) in [5, 5.41) is 2.48. The summed E-state index contributed by atoms with van der Waals surface area (Å²) < 4.78 is 14.8. The second-order valence-corrected chi connectivity index (χ2v) is 5.18. The minimum absolute atomic E-state index is 0.131. The largest absolute Gasteiger partial charge is 0.319 e. The highest BCUT2D eigenvalue weighted by Crippen LogP contribution is 2.20. The summed E-state index contributed by atoms with van der Waals surface area (Å²) in [6.45, 7) is 0. The van der Waals surface area contributed by atoms with Crippen molar-refractivity contribution in [1.82, 2.24) is 4.98 Å². The molecule has 0 bridgehead atoms. The molecule has 92 valence electrons. The highest BCUT2D eigenvalue weighted by Gasteiger charge is 2.09. The van der Waals surface area contributed by atoms with E-state index in [1.807, 2.05) is 0 Å². The molecule has 0 spiro atoms. The highest BCUT2D eigenvalue weighted by molar-refractivity contribution is 9.10. The van der Waals surface area contributed by atoms with E-state index in [0.29, 0.717) is 14.6 Å². The molecule has 0 saturated heterocycles. The van der Waals surface area contributed by atoms with Crippen LogP contribution in [0.1, 0.15) is 10.4 Å². The first-order valence-corrected chi connectivity index (χ1v) is 6.53. The fraction of sp³-hybridized carbons (Fsp3) is 0. The maximum absolute atomic E-state index is 13.5. The van der Waals surface area contributed by atoms with E-state index in [2.05, 4.69) is 42.2 Å². The van der Waals surface area contributed by atoms with Crippen molar-refractivity contribution in [2.24, 2.45) is 0 Å². The lowest BCUT2D eigenvalue weighted by Gasteiger charge is -2.06. The molecule has 18 heavy (non-hydrogen) atoms. The molecular weight excluding hydrogens is 367 g/mol. The van der Waals surface area contributed by atoms with Gasteiger partial charge in [-0.3, -0.25) is 4.79 Å². The number of amides is 1. The number of pyridine rings is 1. The monoisotopic (exact) mass is 372 g/mol. The molecule has 3 nitrogen and oxygen atoms in total. The summed E-state index contributed by atoms with van der Waals surface area (Å²) >= 11 is 6.32. The number of benzene rings is 1. The van der Waals surface area contributed by atoms with Crippen molar-refractivity contribution in [3.63, 3.8) is 0 Å². The number of carbonyl (C=O) groups excluding carboxylic acids is 1. The normalized spacial score (nSPS) is 10.2. The molecular formula is C12H7Br2FN2O. The summed E-state index contributed by atoms with van der Waals surface area (Å²) in [6.07, 6.45) is 1.41. The molecule has 1 amide bonds. The zero-order valence-electron chi connectivity index (χ0n) is 8.95. The predicted molar refractivity (Wildman–Crippen MR) is 74.0 cm³/mol. The van der Waals surface area contributed by atoms with Gasteiger partial charge in [0.15, 0.2) is 0 Å². The van der Waals surface area contributed by atoms with Crippen molar-refractivity contribution < 1.29 is 9.18 Å². The third-order valence-corrected chi connectivity index (χ3v) is 3.13. The minimum atomic E-state index is -0.497. The molecule has 1 aromatic carbocycles. The number of carbonyl (C=O) groups is 1. The van der Waals surface area contributed by atoms with E-state index < -0.39 is 11.7 Å². The molecule has 0 unspecified atom stereocenters. The maximum Gasteiger partial charge on any atom is 0.257 e. The fourth-order valence-corrected chi connectivity index (χ4v) is 1.86. The van der Waals surface area contributed by atoms with Gasteiger partial charge >= 0.3 is 0 Å². The standard InChI is InChI=1S/C12H7Br2FN2O/c13-8-2-3-10(9(15)5-8)17-12(18)7-1-4-11(14)16-6-7/h1-6H,(H,17,18). The third kappa shape index (κ3) is 3.14. The van der Waals surface area contributed by atoms with Crippen LogP contribution in [0, 0.1) is 5.82 Å². The van der Waals surface area contributed by atoms with Crippen LogP contribution in [0.15, 0.2) is 45.6 Å². The van der Waals surface area contributed by atoms with Gasteiger partial charge in [0.05, 0.1) is 11.3 Å². The maximum atomic E-state index is 13.5. The Bertz CT molecular complexity index is 587. The smallest absolute Gasteiger partial charge is 0.257 e. The number of hydrogen-bond acceptors (Lipinski definition) is 2. The third-order valence-electron chi connectivity index (χ3n) is 2.17. The quantitative estimate of drug-likeness (QED) is 0.808. The number of anilines is 1. The Balaban J connectivity index is 2.18. The zero-order valence-corrected chi connectivity index (χ0v) is 12.1. The summed E-state index contributed by atoms with van der Waals surface area (Å²) in [5.74, 6) is -0.904. The van der Waals surface area contributed by atoms with Gasteiger partial charge in [-0.05, 0) is 46.3 Å². The van der Waals surface area contributed by atoms with Crippen molar-refractivity contribution >= 4 is 43.5 Å². The molecule has 2 aromatic rings. The van der Waals surface area contributed by atoms with Gasteiger partial charge in [-0.25, -0.2) is 9.37 Å². The van der Waals surface area contributed by atoms with E-state index in [0.717, 1.165) is 0 Å². The molecule has 1 N–H and O–H groups in total. The molecule has 0 aliphatic rings. The minimum Gasteiger partial charge on any atom is -0.319 e. The van der Waals surface area contributed by atoms with E-state index in [4.69, 9.17) is 0 Å². The molecule has 1 aromatic heterocycles. The van der Waals surface area contributed by atoms with Gasteiger partial charge in [0.25, 0.3) is 5.91 Å². The Labute approximate surface area is 120 Å². The van der Waals surface area contributed by atoms with Gasteiger partial charge in [-0.1, -0.05) is 15.9 Å². The van der Waals surface area contributed by atoms with Crippen LogP contribution in [0.4, 0.5) is 10.1 Å². The van der Waals surface area contributed by atoms with E-state index in [1.165, 1.54) is 18.3 Å². The first kappa shape index (κ1) is 13.2. The van der Waals surface area contributed by atoms with E-state index in [9.17, 15) is 9.18 Å². The van der Waals surface area contributed by atoms with Crippen LogP contribution in [0.2, 0.25) is 0 Å². The Morgan fingerprint density at radius 1 is 1.22 bits per heavy atom. The van der Waals surface area contributed by atoms with Crippen molar-refractivity contribution in [2.75, 3.05) is 5.32 Å². The Morgan fingerprint density at radius 3 is 2.61 bits per heavy atom. The lowest BCUT2D eigenvalue weighted by molar-refractivity contribution is 0.102. The van der Waals surface area contributed by atoms with Gasteiger partial charge in [-0.2, -0.15) is 0 Å².